The monoisotopic (exact) mass is 618 g/mol. The molecule has 0 atom stereocenters. The molecule has 8 nitrogen and oxygen atoms in total. The second-order valence-corrected chi connectivity index (χ2v) is 10.2. The molecular weight excluding hydrogens is 600 g/mol. The van der Waals surface area contributed by atoms with E-state index in [1.165, 1.54) is 46.6 Å². The maximum Gasteiger partial charge on any atom is 0.573 e. The van der Waals surface area contributed by atoms with Crippen molar-refractivity contribution in [2.45, 2.75) is 12.8 Å². The molecule has 210 valence electrons. The number of urea groups is 1. The van der Waals surface area contributed by atoms with E-state index in [2.05, 4.69) is 30.4 Å². The first-order valence-corrected chi connectivity index (χ1v) is 13.6. The van der Waals surface area contributed by atoms with Gasteiger partial charge < -0.3 is 10.1 Å². The minimum atomic E-state index is -4.75. The quantitative estimate of drug-likeness (QED) is 0.186. The Labute approximate surface area is 245 Å². The summed E-state index contributed by atoms with van der Waals surface area (Å²) in [7, 11) is 0. The molecule has 5 rings (SSSR count). The molecule has 5 aromatic rings. The first-order chi connectivity index (χ1) is 19.7. The molecule has 0 aliphatic heterocycles. The average molecular weight is 619 g/mol. The highest BCUT2D eigenvalue weighted by molar-refractivity contribution is 7.14. The fraction of sp³-hybridized carbons (Fsp3) is 0.111. The first kappa shape index (κ1) is 28.4. The van der Waals surface area contributed by atoms with Crippen LogP contribution in [0.5, 0.6) is 5.75 Å². The molecular formula is C27H19Cl2F3N6O2S. The summed E-state index contributed by atoms with van der Waals surface area (Å²) >= 11 is 13.8. The van der Waals surface area contributed by atoms with E-state index in [1.807, 2.05) is 24.3 Å². The smallest absolute Gasteiger partial charge is 0.406 e. The first-order valence-electron chi connectivity index (χ1n) is 12.0. The molecule has 0 aliphatic carbocycles. The van der Waals surface area contributed by atoms with E-state index in [-0.39, 0.29) is 11.8 Å². The fourth-order valence-corrected chi connectivity index (χ4v) is 5.10. The van der Waals surface area contributed by atoms with Gasteiger partial charge in [-0.25, -0.2) is 19.4 Å². The lowest BCUT2D eigenvalue weighted by atomic mass is 10.1. The second-order valence-electron chi connectivity index (χ2n) is 8.51. The van der Waals surface area contributed by atoms with Crippen LogP contribution in [0.1, 0.15) is 5.56 Å². The van der Waals surface area contributed by atoms with Gasteiger partial charge in [0, 0.05) is 17.7 Å². The Kier molecular flexibility index (Phi) is 8.43. The van der Waals surface area contributed by atoms with Crippen molar-refractivity contribution in [1.29, 1.82) is 0 Å². The molecule has 2 amide bonds. The average Bonchev–Trinajstić information content (AvgIpc) is 3.59. The van der Waals surface area contributed by atoms with Crippen LogP contribution in [0.3, 0.4) is 0 Å². The Morgan fingerprint density at radius 3 is 2.37 bits per heavy atom. The standard InChI is InChI=1S/C27H19Cl2F3N6O2S/c28-20-2-1-3-21(29)22(20)23-25(41-15-35-23)36-26(39)33-13-12-16-4-6-17(7-5-16)24-34-14-38(37-24)18-8-10-19(11-9-18)40-27(30,31)32/h1-11,14-15H,12-13H2,(H2,33,36,39). The number of rotatable bonds is 8. The lowest BCUT2D eigenvalue weighted by molar-refractivity contribution is -0.274. The predicted molar refractivity (Wildman–Crippen MR) is 152 cm³/mol. The van der Waals surface area contributed by atoms with E-state index >= 15 is 0 Å². The van der Waals surface area contributed by atoms with Crippen LogP contribution < -0.4 is 15.4 Å². The molecule has 0 fully saturated rings. The zero-order chi connectivity index (χ0) is 29.0. The number of thiazole rings is 1. The Morgan fingerprint density at radius 1 is 0.976 bits per heavy atom. The predicted octanol–water partition coefficient (Wildman–Crippen LogP) is 7.63. The molecule has 14 heteroatoms. The van der Waals surface area contributed by atoms with Crippen LogP contribution in [0.15, 0.2) is 78.6 Å². The van der Waals surface area contributed by atoms with Crippen molar-refractivity contribution in [2.24, 2.45) is 0 Å². The zero-order valence-corrected chi connectivity index (χ0v) is 23.2. The SMILES string of the molecule is O=C(NCCc1ccc(-c2ncn(-c3ccc(OC(F)(F)F)cc3)n2)cc1)Nc1scnc1-c1c(Cl)cccc1Cl. The number of aromatic nitrogens is 4. The van der Waals surface area contributed by atoms with Crippen LogP contribution in [0.2, 0.25) is 10.0 Å². The van der Waals surface area contributed by atoms with E-state index in [4.69, 9.17) is 23.2 Å². The number of nitrogens with one attached hydrogen (secondary N) is 2. The third-order valence-corrected chi connectivity index (χ3v) is 7.10. The van der Waals surface area contributed by atoms with Gasteiger partial charge in [-0.3, -0.25) is 5.32 Å². The van der Waals surface area contributed by atoms with Crippen molar-refractivity contribution in [2.75, 3.05) is 11.9 Å². The van der Waals surface area contributed by atoms with Gasteiger partial charge in [-0.2, -0.15) is 0 Å². The summed E-state index contributed by atoms with van der Waals surface area (Å²) in [5.74, 6) is 0.128. The molecule has 3 aromatic carbocycles. The third-order valence-electron chi connectivity index (χ3n) is 5.73. The Hall–Kier alpha value is -4.13. The lowest BCUT2D eigenvalue weighted by Gasteiger charge is -2.10. The number of ether oxygens (including phenoxy) is 1. The maximum absolute atomic E-state index is 12.5. The van der Waals surface area contributed by atoms with Gasteiger partial charge in [-0.05, 0) is 48.4 Å². The number of amides is 2. The summed E-state index contributed by atoms with van der Waals surface area (Å²) in [6, 6.07) is 17.6. The van der Waals surface area contributed by atoms with Gasteiger partial charge in [0.2, 0.25) is 0 Å². The Morgan fingerprint density at radius 2 is 1.68 bits per heavy atom. The van der Waals surface area contributed by atoms with Crippen molar-refractivity contribution in [3.8, 4) is 34.1 Å². The fourth-order valence-electron chi connectivity index (χ4n) is 3.85. The largest absolute Gasteiger partial charge is 0.573 e. The van der Waals surface area contributed by atoms with E-state index in [0.29, 0.717) is 50.8 Å². The number of hydrogen-bond donors (Lipinski definition) is 2. The van der Waals surface area contributed by atoms with Crippen LogP contribution in [0.4, 0.5) is 23.0 Å². The Bertz CT molecular complexity index is 1640. The van der Waals surface area contributed by atoms with Crippen LogP contribution in [-0.4, -0.2) is 38.7 Å². The number of alkyl halides is 3. The van der Waals surface area contributed by atoms with Gasteiger partial charge in [0.1, 0.15) is 22.8 Å². The van der Waals surface area contributed by atoms with Gasteiger partial charge in [0.15, 0.2) is 5.82 Å². The molecule has 0 radical (unpaired) electrons. The van der Waals surface area contributed by atoms with Crippen molar-refractivity contribution in [3.05, 3.63) is 94.2 Å². The number of nitrogens with zero attached hydrogens (tertiary/aromatic N) is 4. The van der Waals surface area contributed by atoms with E-state index in [9.17, 15) is 18.0 Å². The van der Waals surface area contributed by atoms with Gasteiger partial charge in [0.25, 0.3) is 0 Å². The number of anilines is 1. The topological polar surface area (TPSA) is 94.0 Å². The van der Waals surface area contributed by atoms with Crippen LogP contribution in [0.25, 0.3) is 28.3 Å². The molecule has 2 heterocycles. The normalized spacial score (nSPS) is 11.3. The minimum Gasteiger partial charge on any atom is -0.406 e. The molecule has 0 aliphatic rings. The summed E-state index contributed by atoms with van der Waals surface area (Å²) in [6.45, 7) is 0.382. The van der Waals surface area contributed by atoms with Gasteiger partial charge in [-0.15, -0.1) is 29.6 Å². The molecule has 2 N–H and O–H groups in total. The van der Waals surface area contributed by atoms with Crippen molar-refractivity contribution in [3.63, 3.8) is 0 Å². The van der Waals surface area contributed by atoms with Gasteiger partial charge >= 0.3 is 12.4 Å². The second kappa shape index (κ2) is 12.2. The molecule has 0 bridgehead atoms. The van der Waals surface area contributed by atoms with Crippen molar-refractivity contribution >= 4 is 45.6 Å². The maximum atomic E-state index is 12.5. The number of carbonyl (C=O) groups is 1. The lowest BCUT2D eigenvalue weighted by Crippen LogP contribution is -2.30. The Balaban J connectivity index is 1.14. The highest BCUT2D eigenvalue weighted by Crippen LogP contribution is 2.39. The molecule has 0 spiro atoms. The van der Waals surface area contributed by atoms with Crippen molar-refractivity contribution < 1.29 is 22.7 Å². The van der Waals surface area contributed by atoms with E-state index in [1.54, 1.807) is 23.7 Å². The number of hydrogen-bond acceptors (Lipinski definition) is 6. The minimum absolute atomic E-state index is 0.320. The summed E-state index contributed by atoms with van der Waals surface area (Å²) in [5, 5.41) is 11.4. The highest BCUT2D eigenvalue weighted by atomic mass is 35.5. The van der Waals surface area contributed by atoms with Crippen molar-refractivity contribution in [1.82, 2.24) is 25.1 Å². The summed E-state index contributed by atoms with van der Waals surface area (Å²) in [6.07, 6.45) is -2.71. The van der Waals surface area contributed by atoms with Crippen LogP contribution in [-0.2, 0) is 6.42 Å². The number of halogens is 5. The van der Waals surface area contributed by atoms with Gasteiger partial charge in [-0.1, -0.05) is 53.5 Å². The molecule has 0 saturated carbocycles. The van der Waals surface area contributed by atoms with Crippen LogP contribution >= 0.6 is 34.5 Å². The number of carbonyl (C=O) groups excluding carboxylic acids is 1. The number of benzene rings is 3. The third kappa shape index (κ3) is 7.15. The van der Waals surface area contributed by atoms with E-state index < -0.39 is 6.36 Å². The van der Waals surface area contributed by atoms with E-state index in [0.717, 1.165) is 11.1 Å². The molecule has 41 heavy (non-hydrogen) atoms. The molecule has 0 saturated heterocycles. The summed E-state index contributed by atoms with van der Waals surface area (Å²) in [4.78, 5) is 21.1. The van der Waals surface area contributed by atoms with Gasteiger partial charge in [0.05, 0.1) is 21.2 Å². The zero-order valence-electron chi connectivity index (χ0n) is 20.8. The highest BCUT2D eigenvalue weighted by Gasteiger charge is 2.31. The summed E-state index contributed by atoms with van der Waals surface area (Å²) in [5.41, 5.74) is 4.92. The van der Waals surface area contributed by atoms with Crippen LogP contribution in [0, 0.1) is 0 Å². The molecule has 2 aromatic heterocycles. The summed E-state index contributed by atoms with van der Waals surface area (Å²) < 4.78 is 42.4. The molecule has 0 unspecified atom stereocenters.